The summed E-state index contributed by atoms with van der Waals surface area (Å²) in [6.45, 7) is 4.18. The molecule has 0 bridgehead atoms. The monoisotopic (exact) mass is 322 g/mol. The largest absolute Gasteiger partial charge is 0.339 e. The molecule has 6 heteroatoms. The number of piperidine rings is 1. The van der Waals surface area contributed by atoms with Crippen LogP contribution in [0.15, 0.2) is 30.6 Å². The summed E-state index contributed by atoms with van der Waals surface area (Å²) in [6, 6.07) is 6.70. The van der Waals surface area contributed by atoms with Crippen LogP contribution in [0, 0.1) is 0 Å². The van der Waals surface area contributed by atoms with E-state index in [1.54, 1.807) is 23.7 Å². The second-order valence-corrected chi connectivity index (χ2v) is 7.11. The van der Waals surface area contributed by atoms with Crippen LogP contribution < -0.4 is 10.2 Å². The molecule has 2 aromatic heterocycles. The van der Waals surface area contributed by atoms with Gasteiger partial charge in [0.05, 0.1) is 4.34 Å². The Bertz CT molecular complexity index is 574. The predicted molar refractivity (Wildman–Crippen MR) is 88.1 cm³/mol. The number of thiophene rings is 1. The van der Waals surface area contributed by atoms with Gasteiger partial charge in [0.1, 0.15) is 0 Å². The summed E-state index contributed by atoms with van der Waals surface area (Å²) in [7, 11) is 0. The van der Waals surface area contributed by atoms with Crippen LogP contribution in [0.1, 0.15) is 30.7 Å². The molecule has 1 saturated heterocycles. The van der Waals surface area contributed by atoms with E-state index in [1.807, 2.05) is 12.1 Å². The van der Waals surface area contributed by atoms with Crippen molar-refractivity contribution in [1.29, 1.82) is 0 Å². The Morgan fingerprint density at radius 3 is 2.90 bits per heavy atom. The number of nitrogens with zero attached hydrogens (tertiary/aromatic N) is 3. The molecule has 1 aliphatic heterocycles. The van der Waals surface area contributed by atoms with E-state index in [2.05, 4.69) is 33.2 Å². The quantitative estimate of drug-likeness (QED) is 0.935. The van der Waals surface area contributed by atoms with Crippen LogP contribution in [-0.2, 0) is 0 Å². The van der Waals surface area contributed by atoms with Gasteiger partial charge in [-0.2, -0.15) is 0 Å². The summed E-state index contributed by atoms with van der Waals surface area (Å²) in [5, 5.41) is 3.70. The summed E-state index contributed by atoms with van der Waals surface area (Å²) in [5.41, 5.74) is 0. The van der Waals surface area contributed by atoms with Gasteiger partial charge in [-0.25, -0.2) is 9.97 Å². The maximum atomic E-state index is 6.02. The summed E-state index contributed by atoms with van der Waals surface area (Å²) >= 11 is 7.66. The Balaban J connectivity index is 1.61. The average Bonchev–Trinajstić information content (AvgIpc) is 2.95. The zero-order chi connectivity index (χ0) is 14.7. The van der Waals surface area contributed by atoms with Crippen molar-refractivity contribution in [2.45, 2.75) is 31.8 Å². The minimum atomic E-state index is 0.323. The molecule has 1 aliphatic rings. The Hall–Kier alpha value is -1.17. The molecule has 4 nitrogen and oxygen atoms in total. The third kappa shape index (κ3) is 3.73. The standard InChI is InChI=1S/C15H19ClN4S/c1-11(13-5-6-14(16)21-13)19-12-4-2-9-20(10-12)15-17-7-3-8-18-15/h3,5-8,11-12,19H,2,4,9-10H2,1H3. The molecule has 0 aromatic carbocycles. The van der Waals surface area contributed by atoms with Gasteiger partial charge in [-0.05, 0) is 38.0 Å². The van der Waals surface area contributed by atoms with Crippen molar-refractivity contribution in [3.63, 3.8) is 0 Å². The average molecular weight is 323 g/mol. The Labute approximate surface area is 134 Å². The van der Waals surface area contributed by atoms with Gasteiger partial charge in [0.2, 0.25) is 5.95 Å². The van der Waals surface area contributed by atoms with Crippen LogP contribution in [-0.4, -0.2) is 29.1 Å². The summed E-state index contributed by atoms with van der Waals surface area (Å²) < 4.78 is 0.849. The first kappa shape index (κ1) is 14.8. The van der Waals surface area contributed by atoms with Crippen LogP contribution in [0.5, 0.6) is 0 Å². The molecule has 3 rings (SSSR count). The fourth-order valence-electron chi connectivity index (χ4n) is 2.75. The third-order valence-corrected chi connectivity index (χ3v) is 5.18. The molecule has 0 radical (unpaired) electrons. The molecular formula is C15H19ClN4S. The number of hydrogen-bond acceptors (Lipinski definition) is 5. The second-order valence-electron chi connectivity index (χ2n) is 5.36. The van der Waals surface area contributed by atoms with Crippen molar-refractivity contribution in [1.82, 2.24) is 15.3 Å². The van der Waals surface area contributed by atoms with E-state index in [0.717, 1.165) is 29.8 Å². The van der Waals surface area contributed by atoms with Crippen molar-refractivity contribution in [2.24, 2.45) is 0 Å². The topological polar surface area (TPSA) is 41.0 Å². The van der Waals surface area contributed by atoms with Gasteiger partial charge in [-0.3, -0.25) is 0 Å². The highest BCUT2D eigenvalue weighted by molar-refractivity contribution is 7.16. The molecule has 0 amide bonds. The van der Waals surface area contributed by atoms with Crippen LogP contribution >= 0.6 is 22.9 Å². The first-order valence-electron chi connectivity index (χ1n) is 7.25. The molecule has 0 spiro atoms. The van der Waals surface area contributed by atoms with E-state index in [0.29, 0.717) is 12.1 Å². The number of hydrogen-bond donors (Lipinski definition) is 1. The van der Waals surface area contributed by atoms with E-state index in [4.69, 9.17) is 11.6 Å². The molecule has 1 N–H and O–H groups in total. The van der Waals surface area contributed by atoms with E-state index in [1.165, 1.54) is 11.3 Å². The lowest BCUT2D eigenvalue weighted by Gasteiger charge is -2.34. The van der Waals surface area contributed by atoms with E-state index in [9.17, 15) is 0 Å². The zero-order valence-electron chi connectivity index (χ0n) is 12.0. The van der Waals surface area contributed by atoms with Crippen LogP contribution in [0.25, 0.3) is 0 Å². The van der Waals surface area contributed by atoms with Crippen LogP contribution in [0.4, 0.5) is 5.95 Å². The summed E-state index contributed by atoms with van der Waals surface area (Å²) in [4.78, 5) is 12.2. The number of aromatic nitrogens is 2. The van der Waals surface area contributed by atoms with Crippen molar-refractivity contribution in [3.8, 4) is 0 Å². The van der Waals surface area contributed by atoms with Gasteiger partial charge in [0.15, 0.2) is 0 Å². The highest BCUT2D eigenvalue weighted by Crippen LogP contribution is 2.27. The predicted octanol–water partition coefficient (Wildman–Crippen LogP) is 3.51. The minimum Gasteiger partial charge on any atom is -0.339 e. The normalized spacial score (nSPS) is 20.5. The molecule has 3 heterocycles. The Morgan fingerprint density at radius 1 is 1.38 bits per heavy atom. The maximum absolute atomic E-state index is 6.02. The van der Waals surface area contributed by atoms with Gasteiger partial charge in [-0.15, -0.1) is 11.3 Å². The lowest BCUT2D eigenvalue weighted by Crippen LogP contribution is -2.46. The van der Waals surface area contributed by atoms with Crippen molar-refractivity contribution in [3.05, 3.63) is 39.8 Å². The van der Waals surface area contributed by atoms with Crippen molar-refractivity contribution >= 4 is 28.9 Å². The molecule has 2 atom stereocenters. The number of nitrogens with one attached hydrogen (secondary N) is 1. The highest BCUT2D eigenvalue weighted by Gasteiger charge is 2.23. The van der Waals surface area contributed by atoms with Crippen molar-refractivity contribution < 1.29 is 0 Å². The van der Waals surface area contributed by atoms with Gasteiger partial charge in [-0.1, -0.05) is 11.6 Å². The zero-order valence-corrected chi connectivity index (χ0v) is 13.6. The van der Waals surface area contributed by atoms with E-state index >= 15 is 0 Å². The first-order chi connectivity index (χ1) is 10.2. The minimum absolute atomic E-state index is 0.323. The SMILES string of the molecule is CC(NC1CCCN(c2ncccn2)C1)c1ccc(Cl)s1. The van der Waals surface area contributed by atoms with Gasteiger partial charge < -0.3 is 10.2 Å². The van der Waals surface area contributed by atoms with E-state index < -0.39 is 0 Å². The Kier molecular flexibility index (Phi) is 4.73. The fraction of sp³-hybridized carbons (Fsp3) is 0.467. The maximum Gasteiger partial charge on any atom is 0.225 e. The lowest BCUT2D eigenvalue weighted by molar-refractivity contribution is 0.388. The number of anilines is 1. The lowest BCUT2D eigenvalue weighted by atomic mass is 10.0. The molecule has 2 aromatic rings. The molecular weight excluding hydrogens is 304 g/mol. The molecule has 2 unspecified atom stereocenters. The van der Waals surface area contributed by atoms with E-state index in [-0.39, 0.29) is 0 Å². The number of halogens is 1. The summed E-state index contributed by atoms with van der Waals surface area (Å²) in [5.74, 6) is 0.829. The molecule has 112 valence electrons. The van der Waals surface area contributed by atoms with Gasteiger partial charge >= 0.3 is 0 Å². The highest BCUT2D eigenvalue weighted by atomic mass is 35.5. The van der Waals surface area contributed by atoms with Gasteiger partial charge in [0.25, 0.3) is 0 Å². The second kappa shape index (κ2) is 6.73. The van der Waals surface area contributed by atoms with Crippen molar-refractivity contribution in [2.75, 3.05) is 18.0 Å². The number of rotatable bonds is 4. The smallest absolute Gasteiger partial charge is 0.225 e. The third-order valence-electron chi connectivity index (χ3n) is 3.76. The molecule has 1 fully saturated rings. The van der Waals surface area contributed by atoms with Crippen LogP contribution in [0.2, 0.25) is 4.34 Å². The Morgan fingerprint density at radius 2 is 2.19 bits per heavy atom. The molecule has 0 aliphatic carbocycles. The first-order valence-corrected chi connectivity index (χ1v) is 8.45. The molecule has 0 saturated carbocycles. The molecule has 21 heavy (non-hydrogen) atoms. The van der Waals surface area contributed by atoms with Crippen LogP contribution in [0.3, 0.4) is 0 Å². The van der Waals surface area contributed by atoms with Gasteiger partial charge in [0, 0.05) is 42.4 Å². The summed E-state index contributed by atoms with van der Waals surface area (Å²) in [6.07, 6.45) is 5.95. The fourth-order valence-corrected chi connectivity index (χ4v) is 3.82.